The highest BCUT2D eigenvalue weighted by Gasteiger charge is 2.12. The zero-order valence-electron chi connectivity index (χ0n) is 11.0. The van der Waals surface area contributed by atoms with E-state index in [-0.39, 0.29) is 11.9 Å². The average Bonchev–Trinajstić information content (AvgIpc) is 2.35. The maximum atomic E-state index is 13.8. The standard InChI is InChI=1S/C14H21BrFNO/c1-3-7-17-13(10-18-4-2)8-11-5-6-12(15)9-14(11)16/h5-6,9,13,17H,3-4,7-8,10H2,1-2H3. The molecule has 0 aliphatic heterocycles. The summed E-state index contributed by atoms with van der Waals surface area (Å²) in [4.78, 5) is 0. The number of hydrogen-bond acceptors (Lipinski definition) is 2. The first-order valence-corrected chi connectivity index (χ1v) is 7.21. The molecule has 0 radical (unpaired) electrons. The molecule has 1 atom stereocenters. The van der Waals surface area contributed by atoms with Gasteiger partial charge in [0.15, 0.2) is 0 Å². The van der Waals surface area contributed by atoms with Crippen LogP contribution in [0.15, 0.2) is 22.7 Å². The van der Waals surface area contributed by atoms with Crippen molar-refractivity contribution < 1.29 is 9.13 Å². The first-order chi connectivity index (χ1) is 8.67. The molecule has 0 spiro atoms. The summed E-state index contributed by atoms with van der Waals surface area (Å²) < 4.78 is 20.0. The Labute approximate surface area is 117 Å². The van der Waals surface area contributed by atoms with Gasteiger partial charge in [-0.25, -0.2) is 4.39 Å². The maximum absolute atomic E-state index is 13.8. The number of rotatable bonds is 8. The van der Waals surface area contributed by atoms with Crippen LogP contribution in [-0.2, 0) is 11.2 Å². The number of hydrogen-bond donors (Lipinski definition) is 1. The van der Waals surface area contributed by atoms with Gasteiger partial charge in [-0.1, -0.05) is 28.9 Å². The van der Waals surface area contributed by atoms with Crippen molar-refractivity contribution in [2.75, 3.05) is 19.8 Å². The zero-order chi connectivity index (χ0) is 13.4. The Kier molecular flexibility index (Phi) is 7.47. The molecule has 2 nitrogen and oxygen atoms in total. The normalized spacial score (nSPS) is 12.7. The SMILES string of the molecule is CCCNC(COCC)Cc1ccc(Br)cc1F. The lowest BCUT2D eigenvalue weighted by Gasteiger charge is -2.18. The molecule has 0 fully saturated rings. The van der Waals surface area contributed by atoms with Crippen molar-refractivity contribution in [1.82, 2.24) is 5.32 Å². The van der Waals surface area contributed by atoms with Crippen LogP contribution in [0.25, 0.3) is 0 Å². The summed E-state index contributed by atoms with van der Waals surface area (Å²) in [6.07, 6.45) is 1.71. The number of benzene rings is 1. The van der Waals surface area contributed by atoms with Crippen molar-refractivity contribution in [3.8, 4) is 0 Å². The van der Waals surface area contributed by atoms with Crippen LogP contribution in [0.4, 0.5) is 4.39 Å². The van der Waals surface area contributed by atoms with Crippen LogP contribution in [-0.4, -0.2) is 25.8 Å². The van der Waals surface area contributed by atoms with Gasteiger partial charge in [0.1, 0.15) is 5.82 Å². The molecular formula is C14H21BrFNO. The van der Waals surface area contributed by atoms with E-state index in [1.807, 2.05) is 19.1 Å². The highest BCUT2D eigenvalue weighted by Crippen LogP contribution is 2.16. The molecule has 1 N–H and O–H groups in total. The van der Waals surface area contributed by atoms with Gasteiger partial charge in [0, 0.05) is 17.1 Å². The highest BCUT2D eigenvalue weighted by molar-refractivity contribution is 9.10. The molecule has 0 aliphatic carbocycles. The van der Waals surface area contributed by atoms with Gasteiger partial charge in [0.25, 0.3) is 0 Å². The Bertz CT molecular complexity index is 352. The van der Waals surface area contributed by atoms with Gasteiger partial charge in [-0.05, 0) is 44.0 Å². The van der Waals surface area contributed by atoms with E-state index in [1.165, 1.54) is 6.07 Å². The quantitative estimate of drug-likeness (QED) is 0.792. The van der Waals surface area contributed by atoms with Crippen LogP contribution in [0, 0.1) is 5.82 Å². The van der Waals surface area contributed by atoms with Gasteiger partial charge in [0.05, 0.1) is 6.61 Å². The summed E-state index contributed by atoms with van der Waals surface area (Å²) in [5.41, 5.74) is 0.728. The van der Waals surface area contributed by atoms with E-state index in [9.17, 15) is 4.39 Å². The van der Waals surface area contributed by atoms with Gasteiger partial charge in [0.2, 0.25) is 0 Å². The fourth-order valence-electron chi connectivity index (χ4n) is 1.75. The van der Waals surface area contributed by atoms with Gasteiger partial charge in [-0.2, -0.15) is 0 Å². The summed E-state index contributed by atoms with van der Waals surface area (Å²) in [6.45, 7) is 6.32. The third-order valence-corrected chi connectivity index (χ3v) is 3.18. The van der Waals surface area contributed by atoms with E-state index in [2.05, 4.69) is 28.2 Å². The second-order valence-corrected chi connectivity index (χ2v) is 5.17. The van der Waals surface area contributed by atoms with Crippen LogP contribution < -0.4 is 5.32 Å². The van der Waals surface area contributed by atoms with Crippen molar-refractivity contribution in [3.63, 3.8) is 0 Å². The van der Waals surface area contributed by atoms with Crippen LogP contribution in [0.1, 0.15) is 25.8 Å². The van der Waals surface area contributed by atoms with E-state index in [0.29, 0.717) is 19.6 Å². The van der Waals surface area contributed by atoms with Crippen LogP contribution >= 0.6 is 15.9 Å². The van der Waals surface area contributed by atoms with Crippen molar-refractivity contribution in [2.45, 2.75) is 32.7 Å². The molecule has 0 aromatic heterocycles. The van der Waals surface area contributed by atoms with Gasteiger partial charge in [-0.3, -0.25) is 0 Å². The third-order valence-electron chi connectivity index (χ3n) is 2.69. The van der Waals surface area contributed by atoms with Crippen molar-refractivity contribution in [2.24, 2.45) is 0 Å². The monoisotopic (exact) mass is 317 g/mol. The smallest absolute Gasteiger partial charge is 0.127 e. The van der Waals surface area contributed by atoms with Crippen LogP contribution in [0.2, 0.25) is 0 Å². The Morgan fingerprint density at radius 3 is 2.78 bits per heavy atom. The van der Waals surface area contributed by atoms with E-state index in [0.717, 1.165) is 23.0 Å². The molecule has 0 bridgehead atoms. The molecule has 18 heavy (non-hydrogen) atoms. The molecule has 1 unspecified atom stereocenters. The minimum absolute atomic E-state index is 0.163. The van der Waals surface area contributed by atoms with E-state index in [4.69, 9.17) is 4.74 Å². The van der Waals surface area contributed by atoms with Crippen LogP contribution in [0.3, 0.4) is 0 Å². The minimum atomic E-state index is -0.163. The lowest BCUT2D eigenvalue weighted by atomic mass is 10.1. The molecule has 0 saturated heterocycles. The first-order valence-electron chi connectivity index (χ1n) is 6.42. The number of halogens is 2. The average molecular weight is 318 g/mol. The fourth-order valence-corrected chi connectivity index (χ4v) is 2.08. The minimum Gasteiger partial charge on any atom is -0.380 e. The molecule has 0 saturated carbocycles. The van der Waals surface area contributed by atoms with Gasteiger partial charge >= 0.3 is 0 Å². The van der Waals surface area contributed by atoms with Gasteiger partial charge < -0.3 is 10.1 Å². The lowest BCUT2D eigenvalue weighted by Crippen LogP contribution is -2.36. The molecular weight excluding hydrogens is 297 g/mol. The molecule has 1 aromatic carbocycles. The fraction of sp³-hybridized carbons (Fsp3) is 0.571. The second-order valence-electron chi connectivity index (χ2n) is 4.25. The van der Waals surface area contributed by atoms with Gasteiger partial charge in [-0.15, -0.1) is 0 Å². The third kappa shape index (κ3) is 5.46. The molecule has 1 aromatic rings. The van der Waals surface area contributed by atoms with Crippen molar-refractivity contribution in [1.29, 1.82) is 0 Å². The summed E-state index contributed by atoms with van der Waals surface area (Å²) >= 11 is 3.27. The largest absolute Gasteiger partial charge is 0.380 e. The molecule has 102 valence electrons. The Morgan fingerprint density at radius 1 is 1.39 bits per heavy atom. The highest BCUT2D eigenvalue weighted by atomic mass is 79.9. The van der Waals surface area contributed by atoms with Crippen molar-refractivity contribution >= 4 is 15.9 Å². The van der Waals surface area contributed by atoms with E-state index in [1.54, 1.807) is 0 Å². The van der Waals surface area contributed by atoms with E-state index < -0.39 is 0 Å². The Morgan fingerprint density at radius 2 is 2.17 bits per heavy atom. The second kappa shape index (κ2) is 8.62. The Hall–Kier alpha value is -0.450. The predicted octanol–water partition coefficient (Wildman–Crippen LogP) is 3.54. The summed E-state index contributed by atoms with van der Waals surface area (Å²) in [5.74, 6) is -0.163. The van der Waals surface area contributed by atoms with Crippen LogP contribution in [0.5, 0.6) is 0 Å². The van der Waals surface area contributed by atoms with Crippen molar-refractivity contribution in [3.05, 3.63) is 34.1 Å². The number of nitrogens with one attached hydrogen (secondary N) is 1. The maximum Gasteiger partial charge on any atom is 0.127 e. The molecule has 1 rings (SSSR count). The van der Waals surface area contributed by atoms with E-state index >= 15 is 0 Å². The topological polar surface area (TPSA) is 21.3 Å². The lowest BCUT2D eigenvalue weighted by molar-refractivity contribution is 0.122. The predicted molar refractivity (Wildman–Crippen MR) is 76.4 cm³/mol. The first kappa shape index (κ1) is 15.6. The molecule has 0 amide bonds. The Balaban J connectivity index is 2.62. The summed E-state index contributed by atoms with van der Waals surface area (Å²) in [7, 11) is 0. The molecule has 0 aliphatic rings. The molecule has 0 heterocycles. The number of ether oxygens (including phenoxy) is 1. The molecule has 4 heteroatoms. The summed E-state index contributed by atoms with van der Waals surface area (Å²) in [5, 5.41) is 3.39. The summed E-state index contributed by atoms with van der Waals surface area (Å²) in [6, 6.07) is 5.37. The zero-order valence-corrected chi connectivity index (χ0v) is 12.6.